The molecule has 1 aliphatic rings. The van der Waals surface area contributed by atoms with E-state index in [1.54, 1.807) is 6.92 Å². The minimum absolute atomic E-state index is 0.0489. The van der Waals surface area contributed by atoms with E-state index in [9.17, 15) is 9.59 Å². The van der Waals surface area contributed by atoms with Gasteiger partial charge in [-0.05, 0) is 25.3 Å². The average molecular weight is 350 g/mol. The standard InChI is InChI=1S/C18H26N2O5/c1-18(16(22)19-9-12-24-13-11-21)8-5-10-20(18)17(23)25-14-15-6-3-2-4-7-15/h2-4,6-7,21H,5,8-14H2,1H3,(H,19,22). The normalized spacial score (nSPS) is 19.7. The number of hydrogen-bond acceptors (Lipinski definition) is 5. The van der Waals surface area contributed by atoms with E-state index in [0.717, 1.165) is 12.0 Å². The van der Waals surface area contributed by atoms with Crippen LogP contribution in [0.5, 0.6) is 0 Å². The van der Waals surface area contributed by atoms with Crippen LogP contribution in [0.4, 0.5) is 4.79 Å². The smallest absolute Gasteiger partial charge is 0.410 e. The molecule has 0 aromatic heterocycles. The highest BCUT2D eigenvalue weighted by Crippen LogP contribution is 2.30. The minimum atomic E-state index is -0.912. The van der Waals surface area contributed by atoms with Crippen LogP contribution in [-0.2, 0) is 20.9 Å². The van der Waals surface area contributed by atoms with Crippen molar-refractivity contribution < 1.29 is 24.2 Å². The molecule has 0 spiro atoms. The van der Waals surface area contributed by atoms with Gasteiger partial charge in [0.1, 0.15) is 12.1 Å². The summed E-state index contributed by atoms with van der Waals surface area (Å²) in [5.74, 6) is -0.214. The molecule has 1 aliphatic heterocycles. The lowest BCUT2D eigenvalue weighted by molar-refractivity contribution is -0.130. The van der Waals surface area contributed by atoms with Crippen LogP contribution in [-0.4, -0.2) is 60.5 Å². The fourth-order valence-electron chi connectivity index (χ4n) is 2.88. The number of aliphatic hydroxyl groups is 1. The van der Waals surface area contributed by atoms with E-state index in [-0.39, 0.29) is 25.7 Å². The van der Waals surface area contributed by atoms with E-state index in [1.807, 2.05) is 30.3 Å². The zero-order chi connectivity index (χ0) is 18.1. The van der Waals surface area contributed by atoms with Gasteiger partial charge in [0.25, 0.3) is 0 Å². The summed E-state index contributed by atoms with van der Waals surface area (Å²) in [7, 11) is 0. The molecule has 138 valence electrons. The highest BCUT2D eigenvalue weighted by atomic mass is 16.6. The predicted octanol–water partition coefficient (Wildman–Crippen LogP) is 1.30. The summed E-state index contributed by atoms with van der Waals surface area (Å²) < 4.78 is 10.5. The lowest BCUT2D eigenvalue weighted by atomic mass is 9.98. The molecular weight excluding hydrogens is 324 g/mol. The molecule has 0 aliphatic carbocycles. The third-order valence-electron chi connectivity index (χ3n) is 4.32. The van der Waals surface area contributed by atoms with Gasteiger partial charge in [-0.3, -0.25) is 9.69 Å². The molecule has 1 saturated heterocycles. The largest absolute Gasteiger partial charge is 0.445 e. The van der Waals surface area contributed by atoms with Crippen molar-refractivity contribution in [1.82, 2.24) is 10.2 Å². The number of hydrogen-bond donors (Lipinski definition) is 2. The number of nitrogens with one attached hydrogen (secondary N) is 1. The number of carbonyl (C=O) groups excluding carboxylic acids is 2. The van der Waals surface area contributed by atoms with Gasteiger partial charge in [0.15, 0.2) is 0 Å². The summed E-state index contributed by atoms with van der Waals surface area (Å²) in [6, 6.07) is 9.44. The zero-order valence-electron chi connectivity index (χ0n) is 14.6. The summed E-state index contributed by atoms with van der Waals surface area (Å²) in [6.07, 6.45) is 0.873. The first kappa shape index (κ1) is 19.2. The Labute approximate surface area is 147 Å². The maximum atomic E-state index is 12.5. The fourth-order valence-corrected chi connectivity index (χ4v) is 2.88. The predicted molar refractivity (Wildman–Crippen MR) is 91.9 cm³/mol. The lowest BCUT2D eigenvalue weighted by Crippen LogP contribution is -2.55. The molecule has 0 bridgehead atoms. The third kappa shape index (κ3) is 5.17. The van der Waals surface area contributed by atoms with Crippen LogP contribution in [0.2, 0.25) is 0 Å². The number of likely N-dealkylation sites (tertiary alicyclic amines) is 1. The summed E-state index contributed by atoms with van der Waals surface area (Å²) in [6.45, 7) is 3.29. The summed E-state index contributed by atoms with van der Waals surface area (Å²) in [5.41, 5.74) is -0.00711. The monoisotopic (exact) mass is 350 g/mol. The summed E-state index contributed by atoms with van der Waals surface area (Å²) in [4.78, 5) is 26.4. The van der Waals surface area contributed by atoms with Crippen LogP contribution in [0.3, 0.4) is 0 Å². The van der Waals surface area contributed by atoms with Crippen molar-refractivity contribution in [3.05, 3.63) is 35.9 Å². The molecule has 1 aromatic carbocycles. The lowest BCUT2D eigenvalue weighted by Gasteiger charge is -2.33. The number of ether oxygens (including phenoxy) is 2. The van der Waals surface area contributed by atoms with E-state index >= 15 is 0 Å². The maximum absolute atomic E-state index is 12.5. The number of nitrogens with zero attached hydrogens (tertiary/aromatic N) is 1. The van der Waals surface area contributed by atoms with E-state index in [2.05, 4.69) is 5.32 Å². The van der Waals surface area contributed by atoms with Crippen molar-refractivity contribution in [2.75, 3.05) is 32.9 Å². The first-order valence-corrected chi connectivity index (χ1v) is 8.53. The Balaban J connectivity index is 1.86. The Hall–Kier alpha value is -2.12. The van der Waals surface area contributed by atoms with E-state index in [4.69, 9.17) is 14.6 Å². The van der Waals surface area contributed by atoms with Crippen LogP contribution in [0.25, 0.3) is 0 Å². The fraction of sp³-hybridized carbons (Fsp3) is 0.556. The highest BCUT2D eigenvalue weighted by molar-refractivity contribution is 5.90. The van der Waals surface area contributed by atoms with Crippen molar-refractivity contribution in [1.29, 1.82) is 0 Å². The van der Waals surface area contributed by atoms with Crippen LogP contribution in [0.1, 0.15) is 25.3 Å². The molecule has 2 N–H and O–H groups in total. The second kappa shape index (κ2) is 9.39. The second-order valence-electron chi connectivity index (χ2n) is 6.16. The summed E-state index contributed by atoms with van der Waals surface area (Å²) in [5, 5.41) is 11.4. The number of aliphatic hydroxyl groups excluding tert-OH is 1. The molecule has 1 fully saturated rings. The zero-order valence-corrected chi connectivity index (χ0v) is 14.6. The van der Waals surface area contributed by atoms with Crippen LogP contribution < -0.4 is 5.32 Å². The molecule has 1 unspecified atom stereocenters. The quantitative estimate of drug-likeness (QED) is 0.690. The Bertz CT molecular complexity index is 566. The molecule has 1 aromatic rings. The van der Waals surface area contributed by atoms with Crippen molar-refractivity contribution in [3.8, 4) is 0 Å². The van der Waals surface area contributed by atoms with Gasteiger partial charge < -0.3 is 19.9 Å². The molecule has 2 amide bonds. The van der Waals surface area contributed by atoms with Crippen LogP contribution in [0, 0.1) is 0 Å². The second-order valence-corrected chi connectivity index (χ2v) is 6.16. The molecule has 0 saturated carbocycles. The molecule has 1 atom stereocenters. The molecule has 0 radical (unpaired) electrons. The van der Waals surface area contributed by atoms with E-state index in [1.165, 1.54) is 4.90 Å². The van der Waals surface area contributed by atoms with Crippen molar-refractivity contribution >= 4 is 12.0 Å². The topological polar surface area (TPSA) is 88.1 Å². The molecular formula is C18H26N2O5. The Morgan fingerprint density at radius 3 is 2.76 bits per heavy atom. The molecule has 25 heavy (non-hydrogen) atoms. The van der Waals surface area contributed by atoms with Gasteiger partial charge >= 0.3 is 6.09 Å². The van der Waals surface area contributed by atoms with Gasteiger partial charge in [0.05, 0.1) is 19.8 Å². The Morgan fingerprint density at radius 2 is 2.04 bits per heavy atom. The number of benzene rings is 1. The first-order valence-electron chi connectivity index (χ1n) is 8.53. The maximum Gasteiger partial charge on any atom is 0.410 e. The van der Waals surface area contributed by atoms with Gasteiger partial charge in [-0.25, -0.2) is 4.79 Å². The van der Waals surface area contributed by atoms with Crippen molar-refractivity contribution in [2.24, 2.45) is 0 Å². The molecule has 7 nitrogen and oxygen atoms in total. The van der Waals surface area contributed by atoms with Gasteiger partial charge in [-0.2, -0.15) is 0 Å². The Kier molecular flexibility index (Phi) is 7.21. The number of carbonyl (C=O) groups is 2. The summed E-state index contributed by atoms with van der Waals surface area (Å²) >= 11 is 0. The number of rotatable bonds is 8. The third-order valence-corrected chi connectivity index (χ3v) is 4.32. The highest BCUT2D eigenvalue weighted by Gasteiger charge is 2.46. The van der Waals surface area contributed by atoms with Gasteiger partial charge in [-0.15, -0.1) is 0 Å². The van der Waals surface area contributed by atoms with Gasteiger partial charge in [0, 0.05) is 13.1 Å². The van der Waals surface area contributed by atoms with Crippen LogP contribution >= 0.6 is 0 Å². The van der Waals surface area contributed by atoms with E-state index in [0.29, 0.717) is 26.1 Å². The van der Waals surface area contributed by atoms with Gasteiger partial charge in [0.2, 0.25) is 5.91 Å². The van der Waals surface area contributed by atoms with Crippen molar-refractivity contribution in [2.45, 2.75) is 31.9 Å². The SMILES string of the molecule is CC1(C(=O)NCCOCCO)CCCN1C(=O)OCc1ccccc1. The first-order chi connectivity index (χ1) is 12.1. The van der Waals surface area contributed by atoms with Crippen molar-refractivity contribution in [3.63, 3.8) is 0 Å². The molecule has 1 heterocycles. The molecule has 2 rings (SSSR count). The van der Waals surface area contributed by atoms with Gasteiger partial charge in [-0.1, -0.05) is 30.3 Å². The van der Waals surface area contributed by atoms with Crippen LogP contribution in [0.15, 0.2) is 30.3 Å². The molecule has 7 heteroatoms. The Morgan fingerprint density at radius 1 is 1.28 bits per heavy atom. The minimum Gasteiger partial charge on any atom is -0.445 e. The average Bonchev–Trinajstić information content (AvgIpc) is 3.03. The van der Waals surface area contributed by atoms with E-state index < -0.39 is 11.6 Å². The number of amides is 2.